The summed E-state index contributed by atoms with van der Waals surface area (Å²) in [5, 5.41) is 17.4. The van der Waals surface area contributed by atoms with Gasteiger partial charge < -0.3 is 15.4 Å². The van der Waals surface area contributed by atoms with E-state index in [9.17, 15) is 18.0 Å². The summed E-state index contributed by atoms with van der Waals surface area (Å²) in [6.07, 6.45) is 4.11. The first kappa shape index (κ1) is 27.5. The predicted molar refractivity (Wildman–Crippen MR) is 146 cm³/mol. The van der Waals surface area contributed by atoms with E-state index in [0.29, 0.717) is 15.4 Å². The van der Waals surface area contributed by atoms with Gasteiger partial charge in [0, 0.05) is 33.9 Å². The van der Waals surface area contributed by atoms with Crippen molar-refractivity contribution in [2.24, 2.45) is 0 Å². The fourth-order valence-electron chi connectivity index (χ4n) is 3.96. The number of hydrogen-bond donors (Lipinski definition) is 3. The highest BCUT2D eigenvalue weighted by molar-refractivity contribution is 9.10. The molecule has 0 radical (unpaired) electrons. The standard InChI is InChI=1S/C23H23BrClN7O5S/c1-23(2,11-38(4,35)36)29-22(34)17-18-12(10-27-30-18)8-13(24)19(17)28-21(33)15-9-16(37-3)31-32(15)20-14(25)6-5-7-26-20/h5-10H,11H2,1-4H3,(H,27,30)(H,28,33)(H,29,34). The van der Waals surface area contributed by atoms with Crippen LogP contribution in [0.3, 0.4) is 0 Å². The van der Waals surface area contributed by atoms with Crippen LogP contribution in [-0.4, -0.2) is 69.9 Å². The minimum Gasteiger partial charge on any atom is -0.480 e. The number of H-pyrrole nitrogens is 1. The Kier molecular flexibility index (Phi) is 7.50. The number of hydrogen-bond acceptors (Lipinski definition) is 8. The summed E-state index contributed by atoms with van der Waals surface area (Å²) < 4.78 is 30.6. The molecule has 0 spiro atoms. The summed E-state index contributed by atoms with van der Waals surface area (Å²) in [5.74, 6) is -1.22. The number of rotatable bonds is 8. The monoisotopic (exact) mass is 623 g/mol. The van der Waals surface area contributed by atoms with Gasteiger partial charge in [0.05, 0.1) is 40.8 Å². The third-order valence-electron chi connectivity index (χ3n) is 5.30. The van der Waals surface area contributed by atoms with Gasteiger partial charge in [0.15, 0.2) is 5.82 Å². The van der Waals surface area contributed by atoms with E-state index in [0.717, 1.165) is 6.26 Å². The largest absolute Gasteiger partial charge is 0.480 e. The van der Waals surface area contributed by atoms with Crippen molar-refractivity contribution in [3.8, 4) is 11.7 Å². The third kappa shape index (κ3) is 5.81. The molecule has 12 nitrogen and oxygen atoms in total. The molecular formula is C23H23BrClN7O5S. The van der Waals surface area contributed by atoms with E-state index in [1.807, 2.05) is 0 Å². The molecule has 2 amide bonds. The number of aromatic nitrogens is 5. The van der Waals surface area contributed by atoms with Gasteiger partial charge in [0.25, 0.3) is 11.8 Å². The van der Waals surface area contributed by atoms with Gasteiger partial charge in [-0.3, -0.25) is 14.7 Å². The number of nitrogens with zero attached hydrogens (tertiary/aromatic N) is 4. The van der Waals surface area contributed by atoms with Crippen LogP contribution in [0.5, 0.6) is 5.88 Å². The molecule has 1 aromatic carbocycles. The molecule has 4 rings (SSSR count). The summed E-state index contributed by atoms with van der Waals surface area (Å²) in [4.78, 5) is 31.3. The fraction of sp³-hybridized carbons (Fsp3) is 0.261. The molecule has 0 saturated carbocycles. The van der Waals surface area contributed by atoms with Gasteiger partial charge in [-0.05, 0) is 48.0 Å². The topological polar surface area (TPSA) is 161 Å². The zero-order valence-electron chi connectivity index (χ0n) is 20.7. The molecule has 3 aromatic heterocycles. The number of fused-ring (bicyclic) bond motifs is 1. The molecule has 0 atom stereocenters. The number of halogens is 2. The van der Waals surface area contributed by atoms with Crippen molar-refractivity contribution in [3.05, 3.63) is 57.4 Å². The van der Waals surface area contributed by atoms with Crippen molar-refractivity contribution in [1.29, 1.82) is 0 Å². The summed E-state index contributed by atoms with van der Waals surface area (Å²) in [6.45, 7) is 3.18. The molecule has 3 N–H and O–H groups in total. The maximum Gasteiger partial charge on any atom is 0.274 e. The number of pyridine rings is 1. The second-order valence-electron chi connectivity index (χ2n) is 9.10. The molecule has 0 fully saturated rings. The van der Waals surface area contributed by atoms with Crippen LogP contribution in [-0.2, 0) is 9.84 Å². The second-order valence-corrected chi connectivity index (χ2v) is 12.5. The maximum atomic E-state index is 13.6. The predicted octanol–water partition coefficient (Wildman–Crippen LogP) is 3.37. The van der Waals surface area contributed by atoms with E-state index in [1.54, 1.807) is 32.0 Å². The Hall–Kier alpha value is -3.49. The van der Waals surface area contributed by atoms with E-state index in [2.05, 4.69) is 46.8 Å². The first-order valence-electron chi connectivity index (χ1n) is 11.0. The fourth-order valence-corrected chi connectivity index (χ4v) is 6.09. The van der Waals surface area contributed by atoms with Gasteiger partial charge in [0.2, 0.25) is 5.88 Å². The smallest absolute Gasteiger partial charge is 0.274 e. The molecule has 38 heavy (non-hydrogen) atoms. The molecular weight excluding hydrogens is 602 g/mol. The molecule has 3 heterocycles. The van der Waals surface area contributed by atoms with Gasteiger partial charge in [-0.15, -0.1) is 5.10 Å². The first-order chi connectivity index (χ1) is 17.8. The van der Waals surface area contributed by atoms with Crippen LogP contribution in [0, 0.1) is 0 Å². The molecule has 0 aliphatic carbocycles. The van der Waals surface area contributed by atoms with Gasteiger partial charge in [-0.1, -0.05) is 11.6 Å². The highest BCUT2D eigenvalue weighted by Crippen LogP contribution is 2.34. The molecule has 0 aliphatic heterocycles. The van der Waals surface area contributed by atoms with Crippen LogP contribution in [0.15, 0.2) is 41.1 Å². The van der Waals surface area contributed by atoms with Gasteiger partial charge in [0.1, 0.15) is 15.5 Å². The number of amides is 2. The van der Waals surface area contributed by atoms with Gasteiger partial charge >= 0.3 is 0 Å². The number of ether oxygens (including phenoxy) is 1. The van der Waals surface area contributed by atoms with E-state index in [-0.39, 0.29) is 39.4 Å². The zero-order chi connectivity index (χ0) is 27.8. The number of anilines is 1. The minimum atomic E-state index is -3.40. The molecule has 15 heteroatoms. The lowest BCUT2D eigenvalue weighted by Crippen LogP contribution is -2.48. The SMILES string of the molecule is COc1cc(C(=O)Nc2c(Br)cc3cn[nH]c3c2C(=O)NC(C)(C)CS(C)(=O)=O)n(-c2ncccc2Cl)n1. The molecule has 200 valence electrons. The van der Waals surface area contributed by atoms with Crippen LogP contribution in [0.2, 0.25) is 5.02 Å². The van der Waals surface area contributed by atoms with Gasteiger partial charge in [-0.25, -0.2) is 18.1 Å². The minimum absolute atomic E-state index is 0.0304. The highest BCUT2D eigenvalue weighted by Gasteiger charge is 2.30. The molecule has 0 saturated heterocycles. The number of sulfone groups is 1. The third-order valence-corrected chi connectivity index (χ3v) is 7.47. The van der Waals surface area contributed by atoms with Crippen molar-refractivity contribution < 1.29 is 22.7 Å². The normalized spacial score (nSPS) is 11.9. The lowest BCUT2D eigenvalue weighted by atomic mass is 10.0. The van der Waals surface area contributed by atoms with Crippen LogP contribution in [0.1, 0.15) is 34.7 Å². The Morgan fingerprint density at radius 3 is 2.66 bits per heavy atom. The quantitative estimate of drug-likeness (QED) is 0.269. The lowest BCUT2D eigenvalue weighted by Gasteiger charge is -2.26. The summed E-state index contributed by atoms with van der Waals surface area (Å²) >= 11 is 9.72. The number of methoxy groups -OCH3 is 1. The summed E-state index contributed by atoms with van der Waals surface area (Å²) in [6, 6.07) is 6.32. The number of aromatic amines is 1. The average Bonchev–Trinajstić information content (AvgIpc) is 3.44. The zero-order valence-corrected chi connectivity index (χ0v) is 23.8. The van der Waals surface area contributed by atoms with Crippen molar-refractivity contribution >= 4 is 65.8 Å². The Morgan fingerprint density at radius 2 is 2.00 bits per heavy atom. The summed E-state index contributed by atoms with van der Waals surface area (Å²) in [7, 11) is -2.00. The lowest BCUT2D eigenvalue weighted by molar-refractivity contribution is 0.0923. The number of carbonyl (C=O) groups excluding carboxylic acids is 2. The van der Waals surface area contributed by atoms with Crippen molar-refractivity contribution in [2.75, 3.05) is 24.4 Å². The van der Waals surface area contributed by atoms with E-state index >= 15 is 0 Å². The molecule has 0 aliphatic rings. The van der Waals surface area contributed by atoms with Crippen molar-refractivity contribution in [2.45, 2.75) is 19.4 Å². The number of carbonyl (C=O) groups is 2. The van der Waals surface area contributed by atoms with Crippen LogP contribution in [0.25, 0.3) is 16.7 Å². The Labute approximate surface area is 231 Å². The molecule has 4 aromatic rings. The Bertz CT molecular complexity index is 1670. The van der Waals surface area contributed by atoms with E-state index in [1.165, 1.54) is 30.3 Å². The van der Waals surface area contributed by atoms with Crippen molar-refractivity contribution in [1.82, 2.24) is 30.3 Å². The maximum absolute atomic E-state index is 13.6. The Morgan fingerprint density at radius 1 is 1.26 bits per heavy atom. The second kappa shape index (κ2) is 10.3. The molecule has 0 bridgehead atoms. The van der Waals surface area contributed by atoms with E-state index < -0.39 is 27.2 Å². The van der Waals surface area contributed by atoms with Crippen LogP contribution in [0.4, 0.5) is 5.69 Å². The first-order valence-corrected chi connectivity index (χ1v) is 14.2. The highest BCUT2D eigenvalue weighted by atomic mass is 79.9. The molecule has 0 unspecified atom stereocenters. The number of nitrogens with one attached hydrogen (secondary N) is 3. The van der Waals surface area contributed by atoms with Crippen LogP contribution < -0.4 is 15.4 Å². The van der Waals surface area contributed by atoms with E-state index in [4.69, 9.17) is 16.3 Å². The average molecular weight is 625 g/mol. The van der Waals surface area contributed by atoms with Gasteiger partial charge in [-0.2, -0.15) is 5.10 Å². The van der Waals surface area contributed by atoms with Crippen molar-refractivity contribution in [3.63, 3.8) is 0 Å². The number of benzene rings is 1. The summed E-state index contributed by atoms with van der Waals surface area (Å²) in [5.41, 5.74) is -0.561. The van der Waals surface area contributed by atoms with Crippen LogP contribution >= 0.6 is 27.5 Å². The Balaban J connectivity index is 1.78.